The molecule has 0 saturated heterocycles. The van der Waals surface area contributed by atoms with E-state index in [0.717, 1.165) is 4.57 Å². The van der Waals surface area contributed by atoms with Gasteiger partial charge in [0.2, 0.25) is 11.8 Å². The molecule has 2 amide bonds. The minimum atomic E-state index is -0.478. The Bertz CT molecular complexity index is 1010. The number of aryl methyl sites for hydroxylation is 1. The zero-order valence-electron chi connectivity index (χ0n) is 16.4. The van der Waals surface area contributed by atoms with Crippen LogP contribution in [0.1, 0.15) is 25.8 Å². The maximum Gasteiger partial charge on any atom is 0.330 e. The number of anilines is 2. The van der Waals surface area contributed by atoms with E-state index in [1.54, 1.807) is 24.3 Å². The summed E-state index contributed by atoms with van der Waals surface area (Å²) in [4.78, 5) is 47.5. The van der Waals surface area contributed by atoms with E-state index < -0.39 is 17.2 Å². The largest absolute Gasteiger partial charge is 0.330 e. The van der Waals surface area contributed by atoms with E-state index in [1.807, 2.05) is 13.8 Å². The second-order valence-corrected chi connectivity index (χ2v) is 6.89. The van der Waals surface area contributed by atoms with Crippen molar-refractivity contribution < 1.29 is 9.59 Å². The molecule has 0 fully saturated rings. The van der Waals surface area contributed by atoms with Crippen molar-refractivity contribution in [2.45, 2.75) is 20.3 Å². The first-order valence-electron chi connectivity index (χ1n) is 8.83. The van der Waals surface area contributed by atoms with Crippen molar-refractivity contribution in [2.75, 3.05) is 10.6 Å². The molecule has 1 aromatic heterocycles. The summed E-state index contributed by atoms with van der Waals surface area (Å²) in [5, 5.41) is 5.46. The molecule has 0 spiro atoms. The normalized spacial score (nSPS) is 11.0. The number of hydrogen-bond acceptors (Lipinski definition) is 4. The highest BCUT2D eigenvalue weighted by Crippen LogP contribution is 2.14. The maximum atomic E-state index is 12.1. The Morgan fingerprint density at radius 2 is 1.61 bits per heavy atom. The quantitative estimate of drug-likeness (QED) is 0.740. The van der Waals surface area contributed by atoms with E-state index >= 15 is 0 Å². The molecule has 2 rings (SSSR count). The Morgan fingerprint density at radius 3 is 2.18 bits per heavy atom. The van der Waals surface area contributed by atoms with Gasteiger partial charge in [0.05, 0.1) is 5.56 Å². The van der Waals surface area contributed by atoms with Crippen LogP contribution in [0.4, 0.5) is 11.4 Å². The summed E-state index contributed by atoms with van der Waals surface area (Å²) in [6.07, 6.45) is 4.40. The molecule has 148 valence electrons. The summed E-state index contributed by atoms with van der Waals surface area (Å²) in [5.74, 6) is -0.213. The lowest BCUT2D eigenvalue weighted by atomic mass is 10.1. The van der Waals surface area contributed by atoms with E-state index in [-0.39, 0.29) is 17.4 Å². The molecule has 8 heteroatoms. The molecule has 1 aromatic carbocycles. The fraction of sp³-hybridized carbons (Fsp3) is 0.300. The fourth-order valence-corrected chi connectivity index (χ4v) is 2.52. The van der Waals surface area contributed by atoms with Gasteiger partial charge in [0.25, 0.3) is 5.56 Å². The van der Waals surface area contributed by atoms with Gasteiger partial charge >= 0.3 is 5.69 Å². The topological polar surface area (TPSA) is 102 Å². The minimum Gasteiger partial charge on any atom is -0.326 e. The highest BCUT2D eigenvalue weighted by molar-refractivity contribution is 6.02. The Balaban J connectivity index is 2.02. The van der Waals surface area contributed by atoms with Gasteiger partial charge in [-0.25, -0.2) is 4.79 Å². The summed E-state index contributed by atoms with van der Waals surface area (Å²) in [5.41, 5.74) is 0.501. The maximum absolute atomic E-state index is 12.1. The van der Waals surface area contributed by atoms with Gasteiger partial charge in [-0.05, 0) is 36.3 Å². The van der Waals surface area contributed by atoms with Crippen LogP contribution in [-0.4, -0.2) is 20.9 Å². The van der Waals surface area contributed by atoms with Gasteiger partial charge in [-0.3, -0.25) is 19.0 Å². The second kappa shape index (κ2) is 8.98. The van der Waals surface area contributed by atoms with E-state index in [9.17, 15) is 19.2 Å². The van der Waals surface area contributed by atoms with Crippen molar-refractivity contribution in [1.82, 2.24) is 9.13 Å². The van der Waals surface area contributed by atoms with Crippen LogP contribution in [0.15, 0.2) is 46.1 Å². The molecule has 0 radical (unpaired) electrons. The van der Waals surface area contributed by atoms with Gasteiger partial charge in [0, 0.05) is 44.2 Å². The van der Waals surface area contributed by atoms with Crippen LogP contribution >= 0.6 is 0 Å². The first-order chi connectivity index (χ1) is 13.2. The third kappa shape index (κ3) is 5.54. The van der Waals surface area contributed by atoms with E-state index in [1.165, 1.54) is 37.0 Å². The number of carbonyl (C=O) groups is 2. The zero-order valence-corrected chi connectivity index (χ0v) is 16.4. The van der Waals surface area contributed by atoms with Gasteiger partial charge in [-0.2, -0.15) is 0 Å². The molecule has 0 aliphatic rings. The van der Waals surface area contributed by atoms with Crippen LogP contribution in [0.25, 0.3) is 6.08 Å². The molecule has 28 heavy (non-hydrogen) atoms. The summed E-state index contributed by atoms with van der Waals surface area (Å²) in [6, 6.07) is 6.73. The van der Waals surface area contributed by atoms with E-state index in [4.69, 9.17) is 0 Å². The monoisotopic (exact) mass is 384 g/mol. The minimum absolute atomic E-state index is 0.0615. The molecule has 0 bridgehead atoms. The summed E-state index contributed by atoms with van der Waals surface area (Å²) in [6.45, 7) is 3.94. The predicted molar refractivity (Wildman–Crippen MR) is 109 cm³/mol. The third-order valence-corrected chi connectivity index (χ3v) is 3.92. The Labute approximate surface area is 162 Å². The van der Waals surface area contributed by atoms with Crippen LogP contribution in [-0.2, 0) is 23.7 Å². The first kappa shape index (κ1) is 20.9. The van der Waals surface area contributed by atoms with Crippen molar-refractivity contribution in [2.24, 2.45) is 20.0 Å². The number of benzene rings is 1. The summed E-state index contributed by atoms with van der Waals surface area (Å²) >= 11 is 0. The SMILES string of the molecule is CC(C)CC(=O)Nc1ccc(NC(=O)/C=C/c2cn(C)c(=O)n(C)c2=O)cc1. The fourth-order valence-electron chi connectivity index (χ4n) is 2.52. The number of rotatable bonds is 6. The first-order valence-corrected chi connectivity index (χ1v) is 8.83. The molecule has 0 saturated carbocycles. The number of nitrogens with one attached hydrogen (secondary N) is 2. The van der Waals surface area contributed by atoms with Crippen molar-refractivity contribution in [3.05, 3.63) is 62.9 Å². The standard InChI is InChI=1S/C20H24N4O4/c1-13(2)11-18(26)22-16-8-6-15(7-9-16)21-17(25)10-5-14-12-23(3)20(28)24(4)19(14)27/h5-10,12-13H,11H2,1-4H3,(H,21,25)(H,22,26)/b10-5+. The van der Waals surface area contributed by atoms with Crippen molar-refractivity contribution in [1.29, 1.82) is 0 Å². The summed E-state index contributed by atoms with van der Waals surface area (Å²) in [7, 11) is 2.91. The number of hydrogen-bond donors (Lipinski definition) is 2. The highest BCUT2D eigenvalue weighted by Gasteiger charge is 2.07. The molecule has 8 nitrogen and oxygen atoms in total. The predicted octanol–water partition coefficient (Wildman–Crippen LogP) is 1.72. The van der Waals surface area contributed by atoms with Gasteiger partial charge in [0.1, 0.15) is 0 Å². The number of aromatic nitrogens is 2. The van der Waals surface area contributed by atoms with E-state index in [0.29, 0.717) is 17.8 Å². The molecule has 1 heterocycles. The lowest BCUT2D eigenvalue weighted by molar-refractivity contribution is -0.117. The van der Waals surface area contributed by atoms with Gasteiger partial charge in [0.15, 0.2) is 0 Å². The average molecular weight is 384 g/mol. The summed E-state index contributed by atoms with van der Waals surface area (Å²) < 4.78 is 2.25. The Hall–Kier alpha value is -3.42. The van der Waals surface area contributed by atoms with E-state index in [2.05, 4.69) is 10.6 Å². The van der Waals surface area contributed by atoms with Crippen molar-refractivity contribution >= 4 is 29.3 Å². The number of carbonyl (C=O) groups excluding carboxylic acids is 2. The molecule has 2 N–H and O–H groups in total. The van der Waals surface area contributed by atoms with Crippen LogP contribution in [0.5, 0.6) is 0 Å². The number of amides is 2. The second-order valence-electron chi connectivity index (χ2n) is 6.89. The molecule has 0 unspecified atom stereocenters. The van der Waals surface area contributed by atoms with Gasteiger partial charge < -0.3 is 15.2 Å². The van der Waals surface area contributed by atoms with Crippen LogP contribution in [0, 0.1) is 5.92 Å². The molecular formula is C20H24N4O4. The van der Waals surface area contributed by atoms with Crippen molar-refractivity contribution in [3.63, 3.8) is 0 Å². The van der Waals surface area contributed by atoms with Crippen molar-refractivity contribution in [3.8, 4) is 0 Å². The smallest absolute Gasteiger partial charge is 0.326 e. The third-order valence-electron chi connectivity index (χ3n) is 3.92. The zero-order chi connectivity index (χ0) is 20.8. The molecule has 0 atom stereocenters. The molecule has 0 aliphatic carbocycles. The average Bonchev–Trinajstić information content (AvgIpc) is 2.63. The van der Waals surface area contributed by atoms with Crippen LogP contribution in [0.3, 0.4) is 0 Å². The number of nitrogens with zero attached hydrogens (tertiary/aromatic N) is 2. The Morgan fingerprint density at radius 1 is 1.04 bits per heavy atom. The molecular weight excluding hydrogens is 360 g/mol. The molecule has 2 aromatic rings. The lowest BCUT2D eigenvalue weighted by Gasteiger charge is -2.08. The van der Waals surface area contributed by atoms with Crippen LogP contribution in [0.2, 0.25) is 0 Å². The Kier molecular flexibility index (Phi) is 6.70. The van der Waals surface area contributed by atoms with Gasteiger partial charge in [-0.1, -0.05) is 13.8 Å². The van der Waals surface area contributed by atoms with Crippen LogP contribution < -0.4 is 21.9 Å². The lowest BCUT2D eigenvalue weighted by Crippen LogP contribution is -2.37. The van der Waals surface area contributed by atoms with Gasteiger partial charge in [-0.15, -0.1) is 0 Å². The molecule has 0 aliphatic heterocycles. The highest BCUT2D eigenvalue weighted by atomic mass is 16.2.